The maximum Gasteiger partial charge on any atom is 0.291 e. The number of nitrogens with one attached hydrogen (secondary N) is 2. The van der Waals surface area contributed by atoms with Gasteiger partial charge in [-0.15, -0.1) is 0 Å². The smallest absolute Gasteiger partial charge is 0.291 e. The number of nitrogens with zero attached hydrogens (tertiary/aromatic N) is 1. The van der Waals surface area contributed by atoms with Crippen molar-refractivity contribution < 1.29 is 9.21 Å². The predicted octanol–water partition coefficient (Wildman–Crippen LogP) is 3.74. The summed E-state index contributed by atoms with van der Waals surface area (Å²) in [5.41, 5.74) is 4.64. The van der Waals surface area contributed by atoms with E-state index < -0.39 is 0 Å². The van der Waals surface area contributed by atoms with Crippen LogP contribution in [0.3, 0.4) is 0 Å². The molecule has 0 fully saturated rings. The Morgan fingerprint density at radius 3 is 2.84 bits per heavy atom. The summed E-state index contributed by atoms with van der Waals surface area (Å²) in [7, 11) is 4.28. The van der Waals surface area contributed by atoms with Crippen molar-refractivity contribution in [2.75, 3.05) is 19.4 Å². The Kier molecular flexibility index (Phi) is 3.88. The molecule has 1 atom stereocenters. The molecule has 2 heterocycles. The number of H-pyrrole nitrogens is 1. The number of aryl methyl sites for hydroxylation is 2. The fraction of sp³-hybridized carbons (Fsp3) is 0.350. The van der Waals surface area contributed by atoms with Crippen LogP contribution in [0.25, 0.3) is 10.9 Å². The summed E-state index contributed by atoms with van der Waals surface area (Å²) in [4.78, 5) is 18.2. The maximum atomic E-state index is 12.3. The number of benzene rings is 1. The number of amides is 1. The number of furan rings is 1. The number of carbonyl (C=O) groups is 1. The van der Waals surface area contributed by atoms with Crippen LogP contribution in [0.5, 0.6) is 0 Å². The molecule has 130 valence electrons. The molecule has 2 N–H and O–H groups in total. The summed E-state index contributed by atoms with van der Waals surface area (Å²) in [5.74, 6) is 0.847. The van der Waals surface area contributed by atoms with Crippen LogP contribution in [0, 0.1) is 6.92 Å². The Labute approximate surface area is 147 Å². The van der Waals surface area contributed by atoms with Crippen molar-refractivity contribution in [2.45, 2.75) is 32.2 Å². The van der Waals surface area contributed by atoms with Gasteiger partial charge in [0.1, 0.15) is 5.76 Å². The second-order valence-electron chi connectivity index (χ2n) is 7.07. The number of hydrogen-bond donors (Lipinski definition) is 2. The van der Waals surface area contributed by atoms with E-state index >= 15 is 0 Å². The molecule has 25 heavy (non-hydrogen) atoms. The van der Waals surface area contributed by atoms with E-state index in [1.165, 1.54) is 23.1 Å². The fourth-order valence-electron chi connectivity index (χ4n) is 3.67. The van der Waals surface area contributed by atoms with Gasteiger partial charge in [-0.3, -0.25) is 4.79 Å². The van der Waals surface area contributed by atoms with E-state index in [2.05, 4.69) is 35.4 Å². The van der Waals surface area contributed by atoms with Crippen molar-refractivity contribution in [2.24, 2.45) is 0 Å². The van der Waals surface area contributed by atoms with Crippen LogP contribution < -0.4 is 5.32 Å². The van der Waals surface area contributed by atoms with Gasteiger partial charge in [-0.2, -0.15) is 0 Å². The topological polar surface area (TPSA) is 61.3 Å². The second kappa shape index (κ2) is 6.08. The Hall–Kier alpha value is -2.53. The minimum absolute atomic E-state index is 0.219. The molecule has 4 rings (SSSR count). The average Bonchev–Trinajstić information content (AvgIpc) is 3.17. The van der Waals surface area contributed by atoms with Crippen LogP contribution in [0.2, 0.25) is 0 Å². The summed E-state index contributed by atoms with van der Waals surface area (Å²) in [5, 5.41) is 4.14. The number of carbonyl (C=O) groups excluding carboxylic acids is 1. The van der Waals surface area contributed by atoms with E-state index in [9.17, 15) is 4.79 Å². The number of rotatable bonds is 3. The van der Waals surface area contributed by atoms with E-state index in [1.807, 2.05) is 19.1 Å². The van der Waals surface area contributed by atoms with Gasteiger partial charge in [0, 0.05) is 28.3 Å². The van der Waals surface area contributed by atoms with Crippen LogP contribution in [-0.2, 0) is 12.8 Å². The first-order chi connectivity index (χ1) is 12.0. The summed E-state index contributed by atoms with van der Waals surface area (Å²) < 4.78 is 5.40. The van der Waals surface area contributed by atoms with Crippen LogP contribution in [0.15, 0.2) is 34.7 Å². The van der Waals surface area contributed by atoms with Crippen LogP contribution in [0.4, 0.5) is 5.69 Å². The first kappa shape index (κ1) is 16.0. The van der Waals surface area contributed by atoms with E-state index in [4.69, 9.17) is 4.42 Å². The van der Waals surface area contributed by atoms with Gasteiger partial charge < -0.3 is 19.6 Å². The molecule has 3 aromatic rings. The lowest BCUT2D eigenvalue weighted by Crippen LogP contribution is -2.33. The summed E-state index contributed by atoms with van der Waals surface area (Å²) in [6.45, 7) is 1.83. The van der Waals surface area contributed by atoms with Crippen LogP contribution >= 0.6 is 0 Å². The molecule has 1 amide bonds. The number of aromatic amines is 1. The zero-order valence-electron chi connectivity index (χ0n) is 14.8. The van der Waals surface area contributed by atoms with Crippen LogP contribution in [0.1, 0.15) is 34.0 Å². The fourth-order valence-corrected chi connectivity index (χ4v) is 3.67. The molecular formula is C20H23N3O2. The third kappa shape index (κ3) is 2.96. The number of fused-ring (bicyclic) bond motifs is 3. The molecule has 1 aliphatic carbocycles. The Bertz CT molecular complexity index is 936. The lowest BCUT2D eigenvalue weighted by Gasteiger charge is -2.28. The monoisotopic (exact) mass is 337 g/mol. The Balaban J connectivity index is 1.64. The lowest BCUT2D eigenvalue weighted by molar-refractivity contribution is 0.0995. The van der Waals surface area contributed by atoms with Crippen molar-refractivity contribution >= 4 is 22.5 Å². The molecule has 1 aromatic carbocycles. The van der Waals surface area contributed by atoms with Gasteiger partial charge in [-0.25, -0.2) is 0 Å². The first-order valence-corrected chi connectivity index (χ1v) is 8.69. The van der Waals surface area contributed by atoms with E-state index in [1.54, 1.807) is 12.1 Å². The number of likely N-dealkylation sites (N-methyl/N-ethyl adjacent to an activating group) is 1. The molecule has 1 aliphatic rings. The molecule has 0 saturated carbocycles. The molecule has 2 aromatic heterocycles. The standard InChI is InChI=1S/C20H23N3O2/c1-12-4-9-19(25-12)20(24)21-13-5-7-17-15(10-13)16-11-14(23(2)3)6-8-18(16)22-17/h4-5,7,9-10,14,22H,6,8,11H2,1-3H3,(H,21,24). The van der Waals surface area contributed by atoms with Crippen molar-refractivity contribution in [3.8, 4) is 0 Å². The molecule has 0 saturated heterocycles. The van der Waals surface area contributed by atoms with Crippen molar-refractivity contribution in [3.05, 3.63) is 53.1 Å². The predicted molar refractivity (Wildman–Crippen MR) is 99.2 cm³/mol. The van der Waals surface area contributed by atoms with E-state index in [-0.39, 0.29) is 5.91 Å². The SMILES string of the molecule is Cc1ccc(C(=O)Nc2ccc3[nH]c4c(c3c2)CC(N(C)C)CC4)o1. The molecule has 0 radical (unpaired) electrons. The maximum absolute atomic E-state index is 12.3. The zero-order chi connectivity index (χ0) is 17.6. The molecule has 0 aliphatic heterocycles. The van der Waals surface area contributed by atoms with Crippen molar-refractivity contribution in [1.29, 1.82) is 0 Å². The van der Waals surface area contributed by atoms with Gasteiger partial charge in [0.05, 0.1) is 0 Å². The lowest BCUT2D eigenvalue weighted by atomic mass is 9.91. The highest BCUT2D eigenvalue weighted by molar-refractivity contribution is 6.03. The third-order valence-corrected chi connectivity index (χ3v) is 5.11. The number of anilines is 1. The number of hydrogen-bond acceptors (Lipinski definition) is 3. The first-order valence-electron chi connectivity index (χ1n) is 8.69. The van der Waals surface area contributed by atoms with Gasteiger partial charge >= 0.3 is 0 Å². The average molecular weight is 337 g/mol. The third-order valence-electron chi connectivity index (χ3n) is 5.11. The van der Waals surface area contributed by atoms with Gasteiger partial charge in [-0.05, 0) is 76.2 Å². The van der Waals surface area contributed by atoms with Gasteiger partial charge in [-0.1, -0.05) is 0 Å². The Morgan fingerprint density at radius 2 is 2.12 bits per heavy atom. The molecular weight excluding hydrogens is 314 g/mol. The van der Waals surface area contributed by atoms with Crippen molar-refractivity contribution in [1.82, 2.24) is 9.88 Å². The summed E-state index contributed by atoms with van der Waals surface area (Å²) in [6.07, 6.45) is 3.28. The molecule has 1 unspecified atom stereocenters. The molecule has 0 spiro atoms. The second-order valence-corrected chi connectivity index (χ2v) is 7.07. The van der Waals surface area contributed by atoms with Crippen LogP contribution in [-0.4, -0.2) is 35.9 Å². The van der Waals surface area contributed by atoms with E-state index in [0.29, 0.717) is 11.8 Å². The summed E-state index contributed by atoms with van der Waals surface area (Å²) >= 11 is 0. The van der Waals surface area contributed by atoms with Gasteiger partial charge in [0.15, 0.2) is 5.76 Å². The van der Waals surface area contributed by atoms with Gasteiger partial charge in [0.25, 0.3) is 5.91 Å². The molecule has 5 heteroatoms. The zero-order valence-corrected chi connectivity index (χ0v) is 14.8. The largest absolute Gasteiger partial charge is 0.456 e. The molecule has 5 nitrogen and oxygen atoms in total. The van der Waals surface area contributed by atoms with E-state index in [0.717, 1.165) is 29.8 Å². The minimum Gasteiger partial charge on any atom is -0.456 e. The highest BCUT2D eigenvalue weighted by atomic mass is 16.3. The van der Waals surface area contributed by atoms with Gasteiger partial charge in [0.2, 0.25) is 0 Å². The quantitative estimate of drug-likeness (QED) is 0.765. The highest BCUT2D eigenvalue weighted by Crippen LogP contribution is 2.32. The molecule has 0 bridgehead atoms. The summed E-state index contributed by atoms with van der Waals surface area (Å²) in [6, 6.07) is 10.1. The number of aromatic nitrogens is 1. The Morgan fingerprint density at radius 1 is 1.28 bits per heavy atom. The minimum atomic E-state index is -0.219. The van der Waals surface area contributed by atoms with Crippen molar-refractivity contribution in [3.63, 3.8) is 0 Å². The normalized spacial score (nSPS) is 17.0. The highest BCUT2D eigenvalue weighted by Gasteiger charge is 2.24.